The molecular weight excluding hydrogens is 840 g/mol. The second-order valence-corrected chi connectivity index (χ2v) is 15.0. The van der Waals surface area contributed by atoms with Gasteiger partial charge in [-0.15, -0.1) is 0 Å². The molecular formula is C49H51KN6O8. The van der Waals surface area contributed by atoms with E-state index in [9.17, 15) is 14.7 Å². The third-order valence-corrected chi connectivity index (χ3v) is 10.9. The van der Waals surface area contributed by atoms with Crippen LogP contribution in [0.2, 0.25) is 0 Å². The SMILES string of the molecule is COC(=O)c1ccc([C@H](C)Nc2nccc3c2N(Cc2ccc(OC)cc2)CCO3)cc1.COc1ccc(CN2CCOc3ccnc(N[C@@H](C)c4ccc(C(=O)[O-])cc4)c32)cc1.[K+]. The van der Waals surface area contributed by atoms with Gasteiger partial charge in [-0.1, -0.05) is 60.7 Å². The van der Waals surface area contributed by atoms with Crippen LogP contribution in [0, 0.1) is 0 Å². The number of carbonyl (C=O) groups excluding carboxylic acids is 2. The zero-order chi connectivity index (χ0) is 44.3. The van der Waals surface area contributed by atoms with Crippen LogP contribution in [0.5, 0.6) is 23.0 Å². The largest absolute Gasteiger partial charge is 1.00 e. The number of aromatic carboxylic acids is 1. The summed E-state index contributed by atoms with van der Waals surface area (Å²) in [6.45, 7) is 8.26. The first-order valence-corrected chi connectivity index (χ1v) is 20.7. The normalized spacial score (nSPS) is 13.4. The second kappa shape index (κ2) is 22.7. The van der Waals surface area contributed by atoms with Crippen LogP contribution in [-0.4, -0.2) is 69.5 Å². The minimum atomic E-state index is -1.18. The van der Waals surface area contributed by atoms with Gasteiger partial charge in [-0.25, -0.2) is 14.8 Å². The van der Waals surface area contributed by atoms with Crippen molar-refractivity contribution < 1.29 is 89.8 Å². The molecule has 2 aliphatic rings. The average molecular weight is 891 g/mol. The van der Waals surface area contributed by atoms with Gasteiger partial charge in [0.2, 0.25) is 0 Å². The molecule has 8 rings (SSSR count). The zero-order valence-corrected chi connectivity index (χ0v) is 40.1. The van der Waals surface area contributed by atoms with E-state index >= 15 is 0 Å². The molecule has 0 spiro atoms. The number of rotatable bonds is 14. The van der Waals surface area contributed by atoms with Crippen molar-refractivity contribution in [2.24, 2.45) is 0 Å². The van der Waals surface area contributed by atoms with E-state index in [2.05, 4.69) is 61.6 Å². The number of aromatic nitrogens is 2. The van der Waals surface area contributed by atoms with Crippen molar-refractivity contribution in [2.75, 3.05) is 68.1 Å². The van der Waals surface area contributed by atoms with Gasteiger partial charge in [0.15, 0.2) is 11.6 Å². The van der Waals surface area contributed by atoms with Gasteiger partial charge in [0.25, 0.3) is 0 Å². The number of methoxy groups -OCH3 is 3. The van der Waals surface area contributed by atoms with Gasteiger partial charge in [0.1, 0.15) is 47.6 Å². The summed E-state index contributed by atoms with van der Waals surface area (Å²) in [4.78, 5) is 36.4. The van der Waals surface area contributed by atoms with Gasteiger partial charge in [0, 0.05) is 37.6 Å². The van der Waals surface area contributed by atoms with Crippen LogP contribution in [0.3, 0.4) is 0 Å². The first-order chi connectivity index (χ1) is 30.6. The molecule has 0 amide bonds. The molecule has 0 bridgehead atoms. The van der Waals surface area contributed by atoms with Gasteiger partial charge in [0.05, 0.1) is 58.0 Å². The van der Waals surface area contributed by atoms with Crippen LogP contribution in [0.1, 0.15) is 68.9 Å². The monoisotopic (exact) mass is 890 g/mol. The molecule has 0 aliphatic carbocycles. The van der Waals surface area contributed by atoms with Crippen LogP contribution in [0.25, 0.3) is 0 Å². The average Bonchev–Trinajstić information content (AvgIpc) is 3.32. The molecule has 2 aliphatic heterocycles. The maximum absolute atomic E-state index is 11.7. The maximum Gasteiger partial charge on any atom is 1.00 e. The molecule has 326 valence electrons. The molecule has 6 aromatic rings. The van der Waals surface area contributed by atoms with E-state index in [4.69, 9.17) is 23.7 Å². The number of carbonyl (C=O) groups is 2. The van der Waals surface area contributed by atoms with Crippen molar-refractivity contribution >= 4 is 34.9 Å². The number of esters is 1. The first-order valence-electron chi connectivity index (χ1n) is 20.7. The van der Waals surface area contributed by atoms with Crippen molar-refractivity contribution in [3.63, 3.8) is 0 Å². The zero-order valence-electron chi connectivity index (χ0n) is 37.0. The minimum Gasteiger partial charge on any atom is -0.545 e. The summed E-state index contributed by atoms with van der Waals surface area (Å²) >= 11 is 0. The van der Waals surface area contributed by atoms with E-state index in [0.717, 1.165) is 88.9 Å². The number of nitrogens with one attached hydrogen (secondary N) is 2. The molecule has 15 heteroatoms. The Balaban J connectivity index is 0.000000209. The van der Waals surface area contributed by atoms with Gasteiger partial charge >= 0.3 is 57.4 Å². The number of benzene rings is 4. The van der Waals surface area contributed by atoms with Crippen molar-refractivity contribution in [2.45, 2.75) is 39.0 Å². The van der Waals surface area contributed by atoms with E-state index in [0.29, 0.717) is 18.8 Å². The Hall–Kier alpha value is -5.84. The summed E-state index contributed by atoms with van der Waals surface area (Å²) in [5, 5.41) is 18.0. The Morgan fingerprint density at radius 3 is 1.41 bits per heavy atom. The molecule has 64 heavy (non-hydrogen) atoms. The van der Waals surface area contributed by atoms with Crippen molar-refractivity contribution in [3.8, 4) is 23.0 Å². The van der Waals surface area contributed by atoms with E-state index in [1.807, 2.05) is 55.5 Å². The number of ether oxygens (including phenoxy) is 5. The summed E-state index contributed by atoms with van der Waals surface area (Å²) in [5.74, 6) is 3.23. The quantitative estimate of drug-likeness (QED) is 0.117. The third kappa shape index (κ3) is 11.8. The van der Waals surface area contributed by atoms with Crippen LogP contribution < -0.4 is 95.9 Å². The molecule has 2 N–H and O–H groups in total. The molecule has 14 nitrogen and oxygen atoms in total. The number of nitrogens with zero attached hydrogens (tertiary/aromatic N) is 4. The molecule has 2 aromatic heterocycles. The summed E-state index contributed by atoms with van der Waals surface area (Å²) in [6, 6.07) is 33.8. The number of carboxylic acids is 1. The summed E-state index contributed by atoms with van der Waals surface area (Å²) in [5.41, 5.74) is 6.88. The Labute approximate surface area is 416 Å². The number of hydrogen-bond acceptors (Lipinski definition) is 14. The van der Waals surface area contributed by atoms with E-state index < -0.39 is 5.97 Å². The van der Waals surface area contributed by atoms with Gasteiger partial charge in [-0.2, -0.15) is 0 Å². The van der Waals surface area contributed by atoms with Crippen LogP contribution in [0.4, 0.5) is 23.0 Å². The first kappa shape index (κ1) is 47.6. The van der Waals surface area contributed by atoms with Crippen LogP contribution >= 0.6 is 0 Å². The maximum atomic E-state index is 11.7. The predicted molar refractivity (Wildman–Crippen MR) is 240 cm³/mol. The van der Waals surface area contributed by atoms with E-state index in [-0.39, 0.29) is 75.0 Å². The van der Waals surface area contributed by atoms with Gasteiger partial charge < -0.3 is 54.0 Å². The van der Waals surface area contributed by atoms with E-state index in [1.165, 1.54) is 12.7 Å². The minimum absolute atomic E-state index is 0. The fourth-order valence-corrected chi connectivity index (χ4v) is 7.41. The number of fused-ring (bicyclic) bond motifs is 2. The Morgan fingerprint density at radius 2 is 1.03 bits per heavy atom. The molecule has 4 aromatic carbocycles. The van der Waals surface area contributed by atoms with Crippen molar-refractivity contribution in [1.82, 2.24) is 9.97 Å². The van der Waals surface area contributed by atoms with Crippen LogP contribution in [0.15, 0.2) is 122 Å². The summed E-state index contributed by atoms with van der Waals surface area (Å²) in [6.07, 6.45) is 3.48. The Morgan fingerprint density at radius 1 is 0.625 bits per heavy atom. The van der Waals surface area contributed by atoms with Crippen molar-refractivity contribution in [1.29, 1.82) is 0 Å². The Kier molecular flexibility index (Phi) is 16.9. The predicted octanol–water partition coefficient (Wildman–Crippen LogP) is 4.48. The van der Waals surface area contributed by atoms with E-state index in [1.54, 1.807) is 63.0 Å². The molecule has 0 saturated heterocycles. The molecule has 0 fully saturated rings. The molecule has 2 atom stereocenters. The van der Waals surface area contributed by atoms with Crippen molar-refractivity contribution in [3.05, 3.63) is 155 Å². The standard InChI is InChI=1S/C25H27N3O4.C24H25N3O4.K/c1-17(19-6-8-20(9-7-19)25(29)31-3)27-24-23-22(12-13-26-24)32-15-14-28(23)16-18-4-10-21(30-2)11-5-18;1-16(18-5-7-19(8-6-18)24(28)29)26-23-22-21(11-12-25-23)31-14-13-27(22)15-17-3-9-20(30-2)10-4-17;/h4-13,17H,14-16H2,1-3H3,(H,26,27);3-12,16H,13-15H2,1-2H3,(H,25,26)(H,28,29);/q;;+1/p-1/t17-;16-;/m00./s1. The van der Waals surface area contributed by atoms with Gasteiger partial charge in [-0.3, -0.25) is 0 Å². The summed E-state index contributed by atoms with van der Waals surface area (Å²) in [7, 11) is 4.70. The molecule has 0 saturated carbocycles. The Bertz CT molecular complexity index is 2470. The van der Waals surface area contributed by atoms with Gasteiger partial charge in [-0.05, 0) is 78.1 Å². The number of carboxylic acid groups (broad SMARTS) is 1. The molecule has 0 radical (unpaired) electrons. The van der Waals surface area contributed by atoms with Crippen LogP contribution in [-0.2, 0) is 17.8 Å². The summed E-state index contributed by atoms with van der Waals surface area (Å²) < 4.78 is 27.1. The second-order valence-electron chi connectivity index (χ2n) is 15.0. The molecule has 4 heterocycles. The smallest absolute Gasteiger partial charge is 0.545 e. The fraction of sp³-hybridized carbons (Fsp3) is 0.265. The number of pyridine rings is 2. The number of hydrogen-bond donors (Lipinski definition) is 2. The topological polar surface area (TPSA) is 160 Å². The molecule has 0 unspecified atom stereocenters. The fourth-order valence-electron chi connectivity index (χ4n) is 7.41. The third-order valence-electron chi connectivity index (χ3n) is 10.9. The number of anilines is 4.